The van der Waals surface area contributed by atoms with Crippen LogP contribution in [-0.4, -0.2) is 5.78 Å². The highest BCUT2D eigenvalue weighted by Gasteiger charge is 2.06. The van der Waals surface area contributed by atoms with Crippen molar-refractivity contribution in [3.05, 3.63) is 23.7 Å². The monoisotopic (exact) mass is 135 g/mol. The molecule has 50 valence electrons. The van der Waals surface area contributed by atoms with Gasteiger partial charge in [0.2, 0.25) is 0 Å². The first-order valence-corrected chi connectivity index (χ1v) is 2.73. The number of Topliss-reactive ketones (excluding diaryl/α,β-unsaturated/α-hetero) is 1. The van der Waals surface area contributed by atoms with Gasteiger partial charge in [-0.25, -0.2) is 0 Å². The summed E-state index contributed by atoms with van der Waals surface area (Å²) in [6, 6.07) is 3.00. The number of furan rings is 1. The van der Waals surface area contributed by atoms with Crippen LogP contribution in [-0.2, 0) is 0 Å². The van der Waals surface area contributed by atoms with Gasteiger partial charge < -0.3 is 4.42 Å². The van der Waals surface area contributed by atoms with Gasteiger partial charge in [-0.2, -0.15) is 5.26 Å². The molecule has 3 heteroatoms. The number of hydrogen-bond acceptors (Lipinski definition) is 3. The van der Waals surface area contributed by atoms with Crippen molar-refractivity contribution in [2.24, 2.45) is 0 Å². The van der Waals surface area contributed by atoms with Gasteiger partial charge in [0.25, 0.3) is 5.78 Å². The van der Waals surface area contributed by atoms with E-state index in [1.807, 2.05) is 0 Å². The van der Waals surface area contributed by atoms with Gasteiger partial charge in [-0.3, -0.25) is 4.79 Å². The first-order chi connectivity index (χ1) is 4.74. The Hall–Kier alpha value is -1.56. The predicted octanol–water partition coefficient (Wildman–Crippen LogP) is 1.29. The number of nitriles is 1. The average molecular weight is 135 g/mol. The Bertz CT molecular complexity index is 293. The van der Waals surface area contributed by atoms with Crippen LogP contribution in [0, 0.1) is 18.3 Å². The van der Waals surface area contributed by atoms with Crippen molar-refractivity contribution in [2.75, 3.05) is 0 Å². The molecule has 0 saturated heterocycles. The summed E-state index contributed by atoms with van der Waals surface area (Å²) in [6.45, 7) is 1.79. The van der Waals surface area contributed by atoms with Crippen molar-refractivity contribution in [1.82, 2.24) is 0 Å². The van der Waals surface area contributed by atoms with E-state index >= 15 is 0 Å². The lowest BCUT2D eigenvalue weighted by Gasteiger charge is -1.77. The first kappa shape index (κ1) is 6.56. The van der Waals surface area contributed by atoms with E-state index in [9.17, 15) is 4.79 Å². The third-order valence-corrected chi connectivity index (χ3v) is 1.06. The van der Waals surface area contributed by atoms with Gasteiger partial charge in [-0.1, -0.05) is 0 Å². The molecule has 0 saturated carbocycles. The molecule has 1 heterocycles. The van der Waals surface area contributed by atoms with Crippen molar-refractivity contribution in [3.63, 3.8) is 0 Å². The molecule has 0 unspecified atom stereocenters. The van der Waals surface area contributed by atoms with Crippen LogP contribution >= 0.6 is 0 Å². The molecule has 1 rings (SSSR count). The first-order valence-electron chi connectivity index (χ1n) is 2.73. The third kappa shape index (κ3) is 1.06. The minimum atomic E-state index is -0.631. The Morgan fingerprint density at radius 3 is 2.90 bits per heavy atom. The zero-order chi connectivity index (χ0) is 7.56. The van der Waals surface area contributed by atoms with Crippen LogP contribution in [0.15, 0.2) is 16.7 Å². The molecule has 10 heavy (non-hydrogen) atoms. The van der Waals surface area contributed by atoms with Gasteiger partial charge in [0.15, 0.2) is 5.76 Å². The molecule has 0 atom stereocenters. The van der Waals surface area contributed by atoms with Gasteiger partial charge in [0.1, 0.15) is 6.07 Å². The standard InChI is InChI=1S/C7H5NO2/c1-5-2-7(10-4-5)6(9)3-8/h2,4H,1H3. The zero-order valence-corrected chi connectivity index (χ0v) is 5.42. The van der Waals surface area contributed by atoms with Crippen LogP contribution in [0.2, 0.25) is 0 Å². The second-order valence-electron chi connectivity index (χ2n) is 1.93. The summed E-state index contributed by atoms with van der Waals surface area (Å²) in [7, 11) is 0. The number of carbonyl (C=O) groups excluding carboxylic acids is 1. The number of nitrogens with zero attached hydrogens (tertiary/aromatic N) is 1. The molecule has 0 aromatic carbocycles. The van der Waals surface area contributed by atoms with Crippen LogP contribution in [0.1, 0.15) is 16.1 Å². The Balaban J connectivity index is 2.98. The number of carbonyl (C=O) groups is 1. The van der Waals surface area contributed by atoms with E-state index in [0.717, 1.165) is 5.56 Å². The molecule has 0 fully saturated rings. The molecule has 0 aliphatic carbocycles. The quantitative estimate of drug-likeness (QED) is 0.430. The Labute approximate surface area is 57.9 Å². The van der Waals surface area contributed by atoms with E-state index in [1.165, 1.54) is 18.4 Å². The Kier molecular flexibility index (Phi) is 1.55. The molecule has 0 N–H and O–H groups in total. The van der Waals surface area contributed by atoms with Crippen LogP contribution < -0.4 is 0 Å². The van der Waals surface area contributed by atoms with Gasteiger partial charge in [0, 0.05) is 0 Å². The summed E-state index contributed by atoms with van der Waals surface area (Å²) in [4.78, 5) is 10.6. The van der Waals surface area contributed by atoms with Gasteiger partial charge in [-0.05, 0) is 18.6 Å². The van der Waals surface area contributed by atoms with Crippen LogP contribution in [0.4, 0.5) is 0 Å². The second kappa shape index (κ2) is 2.36. The van der Waals surface area contributed by atoms with E-state index < -0.39 is 5.78 Å². The number of aryl methyl sites for hydroxylation is 1. The molecular formula is C7H5NO2. The third-order valence-electron chi connectivity index (χ3n) is 1.06. The SMILES string of the molecule is Cc1coc(C(=O)C#N)c1. The normalized spacial score (nSPS) is 8.80. The van der Waals surface area contributed by atoms with E-state index in [1.54, 1.807) is 6.92 Å². The van der Waals surface area contributed by atoms with Gasteiger partial charge >= 0.3 is 0 Å². The summed E-state index contributed by atoms with van der Waals surface area (Å²) in [5.74, 6) is -0.520. The molecule has 0 radical (unpaired) electrons. The largest absolute Gasteiger partial charge is 0.460 e. The van der Waals surface area contributed by atoms with Crippen molar-refractivity contribution in [2.45, 2.75) is 6.92 Å². The fourth-order valence-electron chi connectivity index (χ4n) is 0.605. The van der Waals surface area contributed by atoms with Crippen molar-refractivity contribution < 1.29 is 9.21 Å². The summed E-state index contributed by atoms with van der Waals surface area (Å²) in [5, 5.41) is 8.14. The topological polar surface area (TPSA) is 54.0 Å². The van der Waals surface area contributed by atoms with Crippen LogP contribution in [0.3, 0.4) is 0 Å². The summed E-state index contributed by atoms with van der Waals surface area (Å²) < 4.78 is 4.74. The molecule has 0 aliphatic rings. The lowest BCUT2D eigenvalue weighted by atomic mass is 10.3. The molecule has 1 aromatic rings. The van der Waals surface area contributed by atoms with E-state index in [2.05, 4.69) is 0 Å². The zero-order valence-electron chi connectivity index (χ0n) is 5.42. The highest BCUT2D eigenvalue weighted by Crippen LogP contribution is 2.05. The maximum atomic E-state index is 10.6. The maximum absolute atomic E-state index is 10.6. The molecule has 0 amide bonds. The van der Waals surface area contributed by atoms with Gasteiger partial charge in [-0.15, -0.1) is 0 Å². The van der Waals surface area contributed by atoms with Crippen molar-refractivity contribution >= 4 is 5.78 Å². The highest BCUT2D eigenvalue weighted by molar-refractivity contribution is 6.05. The van der Waals surface area contributed by atoms with E-state index in [4.69, 9.17) is 9.68 Å². The average Bonchev–Trinajstić information content (AvgIpc) is 2.34. The molecule has 0 spiro atoms. The lowest BCUT2D eigenvalue weighted by Crippen LogP contribution is -1.89. The second-order valence-corrected chi connectivity index (χ2v) is 1.93. The molecule has 0 aliphatic heterocycles. The number of hydrogen-bond donors (Lipinski definition) is 0. The molecule has 1 aromatic heterocycles. The van der Waals surface area contributed by atoms with Crippen LogP contribution in [0.5, 0.6) is 0 Å². The van der Waals surface area contributed by atoms with Crippen LogP contribution in [0.25, 0.3) is 0 Å². The lowest BCUT2D eigenvalue weighted by molar-refractivity contribution is 0.102. The smallest absolute Gasteiger partial charge is 0.297 e. The highest BCUT2D eigenvalue weighted by atomic mass is 16.3. The maximum Gasteiger partial charge on any atom is 0.297 e. The summed E-state index contributed by atoms with van der Waals surface area (Å²) in [5.41, 5.74) is 0.846. The van der Waals surface area contributed by atoms with Crippen molar-refractivity contribution in [1.29, 1.82) is 5.26 Å². The van der Waals surface area contributed by atoms with Gasteiger partial charge in [0.05, 0.1) is 6.26 Å². The molecular weight excluding hydrogens is 130 g/mol. The number of rotatable bonds is 1. The number of ketones is 1. The minimum absolute atomic E-state index is 0.111. The predicted molar refractivity (Wildman–Crippen MR) is 33.4 cm³/mol. The Morgan fingerprint density at radius 2 is 2.50 bits per heavy atom. The molecule has 0 bridgehead atoms. The fourth-order valence-corrected chi connectivity index (χ4v) is 0.605. The Morgan fingerprint density at radius 1 is 1.80 bits per heavy atom. The van der Waals surface area contributed by atoms with Crippen molar-refractivity contribution in [3.8, 4) is 6.07 Å². The minimum Gasteiger partial charge on any atom is -0.460 e. The van der Waals surface area contributed by atoms with E-state index in [0.29, 0.717) is 0 Å². The molecule has 3 nitrogen and oxygen atoms in total. The summed E-state index contributed by atoms with van der Waals surface area (Å²) in [6.07, 6.45) is 1.44. The summed E-state index contributed by atoms with van der Waals surface area (Å²) >= 11 is 0. The van der Waals surface area contributed by atoms with E-state index in [-0.39, 0.29) is 5.76 Å². The fraction of sp³-hybridized carbons (Fsp3) is 0.143.